The van der Waals surface area contributed by atoms with Crippen molar-refractivity contribution < 1.29 is 13.9 Å². The molecule has 0 saturated carbocycles. The van der Waals surface area contributed by atoms with Crippen LogP contribution in [0.15, 0.2) is 18.2 Å². The zero-order valence-electron chi connectivity index (χ0n) is 9.00. The van der Waals surface area contributed by atoms with Gasteiger partial charge in [-0.1, -0.05) is 0 Å². The summed E-state index contributed by atoms with van der Waals surface area (Å²) in [6, 6.07) is 4.34. The summed E-state index contributed by atoms with van der Waals surface area (Å²) in [5.74, 6) is -0.513. The number of ether oxygens (including phenoxy) is 1. The molecule has 0 aliphatic rings. The zero-order valence-corrected chi connectivity index (χ0v) is 9.00. The summed E-state index contributed by atoms with van der Waals surface area (Å²) in [7, 11) is 0. The fraction of sp³-hybridized carbons (Fsp3) is 0.364. The van der Waals surface area contributed by atoms with E-state index in [1.807, 2.05) is 13.8 Å². The van der Waals surface area contributed by atoms with Gasteiger partial charge in [0.15, 0.2) is 11.6 Å². The number of amides is 1. The van der Waals surface area contributed by atoms with Crippen molar-refractivity contribution in [3.63, 3.8) is 0 Å². The van der Waals surface area contributed by atoms with Gasteiger partial charge in [0.2, 0.25) is 5.91 Å². The number of rotatable bonds is 3. The molecule has 0 saturated heterocycles. The molecule has 0 radical (unpaired) electrons. The molecule has 0 aliphatic heterocycles. The van der Waals surface area contributed by atoms with Gasteiger partial charge in [0.25, 0.3) is 0 Å². The number of benzene rings is 1. The first-order valence-electron chi connectivity index (χ1n) is 4.73. The summed E-state index contributed by atoms with van der Waals surface area (Å²) in [6.07, 6.45) is -0.0777. The highest BCUT2D eigenvalue weighted by molar-refractivity contribution is 5.88. The van der Waals surface area contributed by atoms with Crippen LogP contribution < -0.4 is 10.1 Å². The van der Waals surface area contributed by atoms with Crippen molar-refractivity contribution in [3.05, 3.63) is 24.0 Å². The second-order valence-corrected chi connectivity index (χ2v) is 3.49. The van der Waals surface area contributed by atoms with Crippen molar-refractivity contribution in [3.8, 4) is 5.75 Å². The molecule has 0 bridgehead atoms. The molecule has 15 heavy (non-hydrogen) atoms. The van der Waals surface area contributed by atoms with Crippen LogP contribution in [0.1, 0.15) is 20.8 Å². The van der Waals surface area contributed by atoms with Crippen LogP contribution >= 0.6 is 0 Å². The molecular formula is C11H14FNO2. The third kappa shape index (κ3) is 3.58. The van der Waals surface area contributed by atoms with Crippen molar-refractivity contribution in [2.75, 3.05) is 5.32 Å². The number of nitrogens with one attached hydrogen (secondary N) is 1. The van der Waals surface area contributed by atoms with Crippen molar-refractivity contribution in [1.82, 2.24) is 0 Å². The van der Waals surface area contributed by atoms with E-state index < -0.39 is 5.82 Å². The minimum absolute atomic E-state index is 0.0777. The number of anilines is 1. The maximum absolute atomic E-state index is 13.4. The summed E-state index contributed by atoms with van der Waals surface area (Å²) in [5, 5.41) is 2.49. The predicted octanol–water partition coefficient (Wildman–Crippen LogP) is 2.57. The van der Waals surface area contributed by atoms with Crippen molar-refractivity contribution in [2.24, 2.45) is 0 Å². The summed E-state index contributed by atoms with van der Waals surface area (Å²) in [4.78, 5) is 10.7. The van der Waals surface area contributed by atoms with Crippen molar-refractivity contribution >= 4 is 11.6 Å². The third-order valence-corrected chi connectivity index (χ3v) is 1.61. The van der Waals surface area contributed by atoms with Gasteiger partial charge in [-0.25, -0.2) is 4.39 Å². The van der Waals surface area contributed by atoms with E-state index in [2.05, 4.69) is 5.32 Å². The molecule has 0 unspecified atom stereocenters. The molecule has 3 nitrogen and oxygen atoms in total. The molecule has 0 atom stereocenters. The first kappa shape index (κ1) is 11.5. The fourth-order valence-corrected chi connectivity index (χ4v) is 1.13. The van der Waals surface area contributed by atoms with Crippen molar-refractivity contribution in [2.45, 2.75) is 26.9 Å². The molecule has 0 fully saturated rings. The Labute approximate surface area is 88.2 Å². The molecule has 1 aromatic rings. The molecule has 4 heteroatoms. The van der Waals surface area contributed by atoms with Crippen LogP contribution in [0.2, 0.25) is 0 Å². The number of halogens is 1. The van der Waals surface area contributed by atoms with Gasteiger partial charge in [0.1, 0.15) is 0 Å². The van der Waals surface area contributed by atoms with E-state index in [4.69, 9.17) is 4.74 Å². The number of carbonyl (C=O) groups excluding carboxylic acids is 1. The van der Waals surface area contributed by atoms with Gasteiger partial charge in [0, 0.05) is 18.7 Å². The summed E-state index contributed by atoms with van der Waals surface area (Å²) in [5.41, 5.74) is 0.427. The highest BCUT2D eigenvalue weighted by Gasteiger charge is 2.06. The lowest BCUT2D eigenvalue weighted by Crippen LogP contribution is -2.09. The van der Waals surface area contributed by atoms with Gasteiger partial charge in [-0.3, -0.25) is 4.79 Å². The second-order valence-electron chi connectivity index (χ2n) is 3.49. The number of carbonyl (C=O) groups is 1. The van der Waals surface area contributed by atoms with Gasteiger partial charge in [-0.15, -0.1) is 0 Å². The van der Waals surface area contributed by atoms with E-state index in [1.165, 1.54) is 19.1 Å². The number of hydrogen-bond acceptors (Lipinski definition) is 2. The van der Waals surface area contributed by atoms with Crippen LogP contribution in [-0.2, 0) is 4.79 Å². The first-order valence-corrected chi connectivity index (χ1v) is 4.73. The maximum atomic E-state index is 13.4. The average Bonchev–Trinajstić information content (AvgIpc) is 2.08. The Kier molecular flexibility index (Phi) is 3.66. The fourth-order valence-electron chi connectivity index (χ4n) is 1.13. The minimum atomic E-state index is -0.477. The Morgan fingerprint density at radius 3 is 2.60 bits per heavy atom. The topological polar surface area (TPSA) is 38.3 Å². The van der Waals surface area contributed by atoms with Gasteiger partial charge >= 0.3 is 0 Å². The lowest BCUT2D eigenvalue weighted by molar-refractivity contribution is -0.114. The van der Waals surface area contributed by atoms with Gasteiger partial charge in [-0.05, 0) is 26.0 Å². The summed E-state index contributed by atoms with van der Waals surface area (Å²) in [6.45, 7) is 5.01. The second kappa shape index (κ2) is 4.77. The van der Waals surface area contributed by atoms with Crippen LogP contribution in [0.5, 0.6) is 5.75 Å². The Morgan fingerprint density at radius 1 is 1.47 bits per heavy atom. The Bertz CT molecular complexity index is 364. The van der Waals surface area contributed by atoms with E-state index in [-0.39, 0.29) is 17.8 Å². The molecule has 1 N–H and O–H groups in total. The van der Waals surface area contributed by atoms with Crippen LogP contribution in [0.4, 0.5) is 10.1 Å². The van der Waals surface area contributed by atoms with E-state index in [9.17, 15) is 9.18 Å². The molecule has 1 aromatic carbocycles. The molecule has 0 aromatic heterocycles. The normalized spacial score (nSPS) is 10.2. The molecular weight excluding hydrogens is 197 g/mol. The molecule has 0 heterocycles. The third-order valence-electron chi connectivity index (χ3n) is 1.61. The van der Waals surface area contributed by atoms with Gasteiger partial charge in [0.05, 0.1) is 6.10 Å². The largest absolute Gasteiger partial charge is 0.488 e. The first-order chi connectivity index (χ1) is 6.99. The van der Waals surface area contributed by atoms with Gasteiger partial charge in [-0.2, -0.15) is 0 Å². The maximum Gasteiger partial charge on any atom is 0.221 e. The molecule has 1 amide bonds. The van der Waals surface area contributed by atoms with Crippen molar-refractivity contribution in [1.29, 1.82) is 0 Å². The lowest BCUT2D eigenvalue weighted by atomic mass is 10.3. The van der Waals surface area contributed by atoms with Crippen LogP contribution in [0.3, 0.4) is 0 Å². The Hall–Kier alpha value is -1.58. The minimum Gasteiger partial charge on any atom is -0.488 e. The van der Waals surface area contributed by atoms with Crippen LogP contribution in [0.25, 0.3) is 0 Å². The van der Waals surface area contributed by atoms with Crippen LogP contribution in [0, 0.1) is 5.82 Å². The molecule has 1 rings (SSSR count). The zero-order chi connectivity index (χ0) is 11.4. The monoisotopic (exact) mass is 211 g/mol. The molecule has 0 spiro atoms. The average molecular weight is 211 g/mol. The van der Waals surface area contributed by atoms with E-state index in [0.29, 0.717) is 5.69 Å². The smallest absolute Gasteiger partial charge is 0.221 e. The van der Waals surface area contributed by atoms with Gasteiger partial charge < -0.3 is 10.1 Å². The molecule has 0 aliphatic carbocycles. The Balaban J connectivity index is 2.83. The summed E-state index contributed by atoms with van der Waals surface area (Å²) >= 11 is 0. The predicted molar refractivity (Wildman–Crippen MR) is 56.5 cm³/mol. The van der Waals surface area contributed by atoms with E-state index in [1.54, 1.807) is 6.07 Å². The highest BCUT2D eigenvalue weighted by Crippen LogP contribution is 2.22. The van der Waals surface area contributed by atoms with E-state index in [0.717, 1.165) is 0 Å². The SMILES string of the molecule is CC(=O)Nc1ccc(OC(C)C)c(F)c1. The highest BCUT2D eigenvalue weighted by atomic mass is 19.1. The van der Waals surface area contributed by atoms with E-state index >= 15 is 0 Å². The summed E-state index contributed by atoms with van der Waals surface area (Å²) < 4.78 is 18.6. The number of hydrogen-bond donors (Lipinski definition) is 1. The van der Waals surface area contributed by atoms with Crippen LogP contribution in [-0.4, -0.2) is 12.0 Å². The Morgan fingerprint density at radius 2 is 2.13 bits per heavy atom. The lowest BCUT2D eigenvalue weighted by Gasteiger charge is -2.11. The standard InChI is InChI=1S/C11H14FNO2/c1-7(2)15-11-5-4-9(6-10(11)12)13-8(3)14/h4-7H,1-3H3,(H,13,14). The molecule has 82 valence electrons. The quantitative estimate of drug-likeness (QED) is 0.834.